The van der Waals surface area contributed by atoms with Gasteiger partial charge in [0.05, 0.1) is 17.1 Å². The van der Waals surface area contributed by atoms with Gasteiger partial charge < -0.3 is 10.6 Å². The number of aryl methyl sites for hydroxylation is 1. The average molecular weight is 348 g/mol. The number of nitrogens with one attached hydrogen (secondary N) is 2. The third-order valence-corrected chi connectivity index (χ3v) is 5.32. The summed E-state index contributed by atoms with van der Waals surface area (Å²) < 4.78 is 13.4. The number of anilines is 1. The summed E-state index contributed by atoms with van der Waals surface area (Å²) in [6.07, 6.45) is 1.85. The number of carbonyl (C=O) groups excluding carboxylic acids is 1. The zero-order chi connectivity index (χ0) is 17.7. The molecule has 0 aliphatic rings. The molecule has 130 valence electrons. The summed E-state index contributed by atoms with van der Waals surface area (Å²) in [5, 5.41) is 9.93. The molecule has 1 aromatic heterocycles. The molecular formula is C17H24N4O2S. The second-order valence-electron chi connectivity index (χ2n) is 6.46. The van der Waals surface area contributed by atoms with E-state index < -0.39 is 10.8 Å². The standard InChI is InChI=1S/C17H24N4O2S/c1-13-9-11-21(20-13)15-8-6-5-7-14(15)19-16(22)18-10-12-24(23)17(2,3)4/h5-9,11H,10,12H2,1-4H3,(H2,18,19,22)/t24-/m0/s1. The molecule has 0 fully saturated rings. The second kappa shape index (κ2) is 7.61. The highest BCUT2D eigenvalue weighted by Crippen LogP contribution is 2.19. The summed E-state index contributed by atoms with van der Waals surface area (Å²) in [6, 6.07) is 9.03. The predicted octanol–water partition coefficient (Wildman–Crippen LogP) is 2.85. The maximum atomic E-state index is 12.1. The zero-order valence-electron chi connectivity index (χ0n) is 14.5. The van der Waals surface area contributed by atoms with Crippen LogP contribution in [-0.4, -0.2) is 37.1 Å². The Morgan fingerprint density at radius 3 is 2.58 bits per heavy atom. The number of aromatic nitrogens is 2. The van der Waals surface area contributed by atoms with Gasteiger partial charge in [0.1, 0.15) is 0 Å². The Bertz CT molecular complexity index is 734. The van der Waals surface area contributed by atoms with Crippen LogP contribution in [0.4, 0.5) is 10.5 Å². The molecule has 2 N–H and O–H groups in total. The zero-order valence-corrected chi connectivity index (χ0v) is 15.3. The van der Waals surface area contributed by atoms with E-state index in [1.54, 1.807) is 4.68 Å². The van der Waals surface area contributed by atoms with E-state index in [2.05, 4.69) is 15.7 Å². The number of carbonyl (C=O) groups is 1. The van der Waals surface area contributed by atoms with E-state index in [1.165, 1.54) is 0 Å². The van der Waals surface area contributed by atoms with Gasteiger partial charge in [0, 0.05) is 34.0 Å². The van der Waals surface area contributed by atoms with Gasteiger partial charge in [-0.05, 0) is 45.9 Å². The van der Waals surface area contributed by atoms with Gasteiger partial charge in [0.25, 0.3) is 0 Å². The summed E-state index contributed by atoms with van der Waals surface area (Å²) in [7, 11) is -0.988. The smallest absolute Gasteiger partial charge is 0.319 e. The van der Waals surface area contributed by atoms with Crippen LogP contribution in [0.5, 0.6) is 0 Å². The number of benzene rings is 1. The minimum absolute atomic E-state index is 0.275. The number of hydrogen-bond donors (Lipinski definition) is 2. The first kappa shape index (κ1) is 18.2. The quantitative estimate of drug-likeness (QED) is 0.872. The van der Waals surface area contributed by atoms with Crippen LogP contribution < -0.4 is 10.6 Å². The van der Waals surface area contributed by atoms with Crippen molar-refractivity contribution in [3.63, 3.8) is 0 Å². The Balaban J connectivity index is 1.96. The molecule has 0 radical (unpaired) electrons. The highest BCUT2D eigenvalue weighted by molar-refractivity contribution is 7.86. The third-order valence-electron chi connectivity index (χ3n) is 3.38. The molecule has 24 heavy (non-hydrogen) atoms. The Labute approximate surface area is 145 Å². The van der Waals surface area contributed by atoms with Crippen molar-refractivity contribution in [1.82, 2.24) is 15.1 Å². The Morgan fingerprint density at radius 2 is 1.96 bits per heavy atom. The fourth-order valence-corrected chi connectivity index (χ4v) is 2.96. The largest absolute Gasteiger partial charge is 0.337 e. The molecule has 2 rings (SSSR count). The van der Waals surface area contributed by atoms with E-state index in [0.717, 1.165) is 11.4 Å². The van der Waals surface area contributed by atoms with Crippen molar-refractivity contribution in [1.29, 1.82) is 0 Å². The van der Waals surface area contributed by atoms with Crippen molar-refractivity contribution >= 4 is 22.5 Å². The number of para-hydroxylation sites is 2. The van der Waals surface area contributed by atoms with Crippen molar-refractivity contribution in [3.05, 3.63) is 42.2 Å². The van der Waals surface area contributed by atoms with E-state index in [1.807, 2.05) is 64.2 Å². The lowest BCUT2D eigenvalue weighted by Gasteiger charge is -2.18. The fourth-order valence-electron chi connectivity index (χ4n) is 2.06. The number of rotatable bonds is 5. The van der Waals surface area contributed by atoms with E-state index in [0.29, 0.717) is 18.0 Å². The Kier molecular flexibility index (Phi) is 5.77. The molecule has 2 aromatic rings. The molecule has 0 aliphatic carbocycles. The monoisotopic (exact) mass is 348 g/mol. The lowest BCUT2D eigenvalue weighted by molar-refractivity contribution is 0.252. The molecule has 1 aromatic carbocycles. The predicted molar refractivity (Wildman–Crippen MR) is 98.1 cm³/mol. The van der Waals surface area contributed by atoms with Crippen LogP contribution >= 0.6 is 0 Å². The lowest BCUT2D eigenvalue weighted by atomic mass is 10.2. The first-order valence-electron chi connectivity index (χ1n) is 7.82. The maximum absolute atomic E-state index is 12.1. The molecule has 2 amide bonds. The molecule has 1 heterocycles. The Morgan fingerprint density at radius 1 is 1.25 bits per heavy atom. The van der Waals surface area contributed by atoms with Gasteiger partial charge in [-0.1, -0.05) is 12.1 Å². The molecule has 0 aliphatic heterocycles. The van der Waals surface area contributed by atoms with Crippen LogP contribution in [0, 0.1) is 6.92 Å². The number of nitrogens with zero attached hydrogens (tertiary/aromatic N) is 2. The highest BCUT2D eigenvalue weighted by Gasteiger charge is 2.19. The first-order chi connectivity index (χ1) is 11.3. The molecule has 6 nitrogen and oxygen atoms in total. The average Bonchev–Trinajstić information content (AvgIpc) is 2.93. The first-order valence-corrected chi connectivity index (χ1v) is 9.14. The minimum Gasteiger partial charge on any atom is -0.337 e. The summed E-state index contributed by atoms with van der Waals surface area (Å²) in [4.78, 5) is 12.1. The van der Waals surface area contributed by atoms with E-state index in [9.17, 15) is 9.00 Å². The van der Waals surface area contributed by atoms with Gasteiger partial charge in [-0.3, -0.25) is 4.21 Å². The van der Waals surface area contributed by atoms with Crippen LogP contribution in [0.3, 0.4) is 0 Å². The summed E-state index contributed by atoms with van der Waals surface area (Å²) >= 11 is 0. The molecule has 0 bridgehead atoms. The van der Waals surface area contributed by atoms with Crippen LogP contribution in [0.2, 0.25) is 0 Å². The number of urea groups is 1. The second-order valence-corrected chi connectivity index (χ2v) is 8.79. The molecule has 0 saturated heterocycles. The van der Waals surface area contributed by atoms with Crippen molar-refractivity contribution in [2.45, 2.75) is 32.4 Å². The topological polar surface area (TPSA) is 76.0 Å². The Hall–Kier alpha value is -2.15. The van der Waals surface area contributed by atoms with Crippen LogP contribution in [0.15, 0.2) is 36.5 Å². The van der Waals surface area contributed by atoms with E-state index in [-0.39, 0.29) is 10.8 Å². The van der Waals surface area contributed by atoms with Gasteiger partial charge in [0.15, 0.2) is 0 Å². The van der Waals surface area contributed by atoms with Crippen molar-refractivity contribution in [2.75, 3.05) is 17.6 Å². The van der Waals surface area contributed by atoms with Gasteiger partial charge in [-0.25, -0.2) is 9.48 Å². The SMILES string of the molecule is Cc1ccn(-c2ccccc2NC(=O)NCC[S@](=O)C(C)(C)C)n1. The molecule has 0 spiro atoms. The third kappa shape index (κ3) is 4.92. The molecule has 7 heteroatoms. The van der Waals surface area contributed by atoms with Crippen LogP contribution in [0.25, 0.3) is 5.69 Å². The van der Waals surface area contributed by atoms with Gasteiger partial charge >= 0.3 is 6.03 Å². The molecule has 0 saturated carbocycles. The van der Waals surface area contributed by atoms with E-state index in [4.69, 9.17) is 0 Å². The van der Waals surface area contributed by atoms with Crippen molar-refractivity contribution in [2.24, 2.45) is 0 Å². The van der Waals surface area contributed by atoms with E-state index >= 15 is 0 Å². The molecule has 0 unspecified atom stereocenters. The van der Waals surface area contributed by atoms with Crippen LogP contribution in [-0.2, 0) is 10.8 Å². The maximum Gasteiger partial charge on any atom is 0.319 e. The van der Waals surface area contributed by atoms with Gasteiger partial charge in [-0.2, -0.15) is 5.10 Å². The minimum atomic E-state index is -0.988. The summed E-state index contributed by atoms with van der Waals surface area (Å²) in [6.45, 7) is 8.04. The highest BCUT2D eigenvalue weighted by atomic mass is 32.2. The summed E-state index contributed by atoms with van der Waals surface area (Å²) in [5.41, 5.74) is 2.35. The van der Waals surface area contributed by atoms with Gasteiger partial charge in [0.2, 0.25) is 0 Å². The normalized spacial score (nSPS) is 12.7. The molecular weight excluding hydrogens is 324 g/mol. The van der Waals surface area contributed by atoms with Gasteiger partial charge in [-0.15, -0.1) is 0 Å². The molecule has 1 atom stereocenters. The van der Waals surface area contributed by atoms with Crippen molar-refractivity contribution < 1.29 is 9.00 Å². The van der Waals surface area contributed by atoms with Crippen molar-refractivity contribution in [3.8, 4) is 5.69 Å². The number of amides is 2. The van der Waals surface area contributed by atoms with Crippen LogP contribution in [0.1, 0.15) is 26.5 Å². The number of hydrogen-bond acceptors (Lipinski definition) is 3. The fraction of sp³-hybridized carbons (Fsp3) is 0.412. The lowest BCUT2D eigenvalue weighted by Crippen LogP contribution is -2.35. The summed E-state index contributed by atoms with van der Waals surface area (Å²) in [5.74, 6) is 0.427.